The number of hydrogen-bond donors (Lipinski definition) is 1. The van der Waals surface area contributed by atoms with Crippen molar-refractivity contribution in [2.75, 3.05) is 32.4 Å². The number of aryl methyl sites for hydroxylation is 1. The van der Waals surface area contributed by atoms with Gasteiger partial charge in [-0.15, -0.1) is 11.8 Å². The first-order valence-corrected chi connectivity index (χ1v) is 10.5. The van der Waals surface area contributed by atoms with Crippen molar-refractivity contribution in [3.05, 3.63) is 59.3 Å². The van der Waals surface area contributed by atoms with Crippen LogP contribution in [0.2, 0.25) is 0 Å². The van der Waals surface area contributed by atoms with Gasteiger partial charge < -0.3 is 19.5 Å². The first kappa shape index (κ1) is 20.2. The number of rotatable bonds is 5. The van der Waals surface area contributed by atoms with E-state index in [4.69, 9.17) is 19.3 Å². The number of nitrogens with zero attached hydrogens (tertiary/aromatic N) is 2. The highest BCUT2D eigenvalue weighted by Crippen LogP contribution is 2.47. The summed E-state index contributed by atoms with van der Waals surface area (Å²) in [5.74, 6) is 3.15. The van der Waals surface area contributed by atoms with Crippen LogP contribution in [-0.2, 0) is 4.79 Å². The fourth-order valence-electron chi connectivity index (χ4n) is 3.58. The molecule has 4 rings (SSSR count). The summed E-state index contributed by atoms with van der Waals surface area (Å²) in [5, 5.41) is 7.64. The van der Waals surface area contributed by atoms with Crippen LogP contribution in [0.3, 0.4) is 0 Å². The van der Waals surface area contributed by atoms with Gasteiger partial charge in [0.1, 0.15) is 23.1 Å². The number of carbonyl (C=O) groups is 1. The molecule has 1 aliphatic heterocycles. The van der Waals surface area contributed by atoms with Crippen molar-refractivity contribution in [3.63, 3.8) is 0 Å². The Morgan fingerprint density at radius 1 is 1.03 bits per heavy atom. The van der Waals surface area contributed by atoms with Crippen molar-refractivity contribution in [1.82, 2.24) is 9.78 Å². The number of amides is 1. The molecule has 156 valence electrons. The topological polar surface area (TPSA) is 74.6 Å². The highest BCUT2D eigenvalue weighted by molar-refractivity contribution is 8.00. The van der Waals surface area contributed by atoms with E-state index in [-0.39, 0.29) is 11.2 Å². The van der Waals surface area contributed by atoms with Gasteiger partial charge in [-0.05, 0) is 49.4 Å². The van der Waals surface area contributed by atoms with E-state index in [1.807, 2.05) is 49.4 Å². The van der Waals surface area contributed by atoms with Gasteiger partial charge in [0, 0.05) is 11.1 Å². The maximum Gasteiger partial charge on any atom is 0.235 e. The lowest BCUT2D eigenvalue weighted by atomic mass is 10.0. The van der Waals surface area contributed by atoms with Crippen LogP contribution in [0.1, 0.15) is 22.1 Å². The van der Waals surface area contributed by atoms with Gasteiger partial charge in [0.25, 0.3) is 0 Å². The lowest BCUT2D eigenvalue weighted by Crippen LogP contribution is -2.15. The van der Waals surface area contributed by atoms with E-state index >= 15 is 0 Å². The van der Waals surface area contributed by atoms with Crippen molar-refractivity contribution >= 4 is 23.5 Å². The lowest BCUT2D eigenvalue weighted by Gasteiger charge is -2.19. The number of ether oxygens (including phenoxy) is 3. The molecule has 1 amide bonds. The second-order valence-electron chi connectivity index (χ2n) is 6.80. The summed E-state index contributed by atoms with van der Waals surface area (Å²) in [6, 6.07) is 13.3. The molecule has 1 aromatic heterocycles. The molecular weight excluding hydrogens is 402 g/mol. The zero-order valence-electron chi connectivity index (χ0n) is 17.3. The molecule has 1 atom stereocenters. The summed E-state index contributed by atoms with van der Waals surface area (Å²) < 4.78 is 18.1. The third-order valence-corrected chi connectivity index (χ3v) is 6.30. The molecule has 3 aromatic rings. The average molecular weight is 426 g/mol. The monoisotopic (exact) mass is 425 g/mol. The highest BCUT2D eigenvalue weighted by atomic mass is 32.2. The number of nitrogens with one attached hydrogen (secondary N) is 1. The van der Waals surface area contributed by atoms with Crippen molar-refractivity contribution in [2.45, 2.75) is 12.2 Å². The molecular formula is C22H23N3O4S. The molecule has 0 spiro atoms. The van der Waals surface area contributed by atoms with Crippen LogP contribution in [0.5, 0.6) is 17.2 Å². The summed E-state index contributed by atoms with van der Waals surface area (Å²) in [5.41, 5.74) is 3.57. The highest BCUT2D eigenvalue weighted by Gasteiger charge is 2.32. The van der Waals surface area contributed by atoms with Gasteiger partial charge in [-0.1, -0.05) is 0 Å². The normalized spacial score (nSPS) is 15.7. The van der Waals surface area contributed by atoms with E-state index < -0.39 is 0 Å². The van der Waals surface area contributed by atoms with E-state index in [0.717, 1.165) is 39.8 Å². The second-order valence-corrected chi connectivity index (χ2v) is 7.90. The Balaban J connectivity index is 1.88. The summed E-state index contributed by atoms with van der Waals surface area (Å²) in [7, 11) is 4.91. The molecule has 0 saturated heterocycles. The lowest BCUT2D eigenvalue weighted by molar-refractivity contribution is -0.113. The maximum atomic E-state index is 12.5. The first-order valence-electron chi connectivity index (χ1n) is 9.43. The van der Waals surface area contributed by atoms with Crippen molar-refractivity contribution < 1.29 is 19.0 Å². The third-order valence-electron chi connectivity index (χ3n) is 5.04. The van der Waals surface area contributed by atoms with Gasteiger partial charge in [0.15, 0.2) is 0 Å². The van der Waals surface area contributed by atoms with Crippen LogP contribution in [0.4, 0.5) is 5.82 Å². The number of methoxy groups -OCH3 is 3. The number of aromatic nitrogens is 2. The van der Waals surface area contributed by atoms with Gasteiger partial charge >= 0.3 is 0 Å². The van der Waals surface area contributed by atoms with Gasteiger partial charge in [-0.3, -0.25) is 4.79 Å². The minimum absolute atomic E-state index is 0.0692. The number of fused-ring (bicyclic) bond motifs is 1. The molecule has 0 aliphatic carbocycles. The maximum absolute atomic E-state index is 12.5. The Kier molecular flexibility index (Phi) is 5.59. The van der Waals surface area contributed by atoms with Crippen LogP contribution >= 0.6 is 11.8 Å². The summed E-state index contributed by atoms with van der Waals surface area (Å²) in [6.45, 7) is 1.95. The number of hydrogen-bond acceptors (Lipinski definition) is 6. The fourth-order valence-corrected chi connectivity index (χ4v) is 4.79. The Hall–Kier alpha value is -3.13. The van der Waals surface area contributed by atoms with Crippen LogP contribution < -0.4 is 19.5 Å². The Morgan fingerprint density at radius 3 is 2.40 bits per heavy atom. The van der Waals surface area contributed by atoms with Crippen molar-refractivity contribution in [3.8, 4) is 22.9 Å². The van der Waals surface area contributed by atoms with Crippen LogP contribution in [-0.4, -0.2) is 42.8 Å². The standard InChI is InChI=1S/C22H23N3O4S/c1-13-20-21(17-11-16(28-3)9-10-18(17)29-4)30-12-19(26)23-22(20)25(24-13)14-5-7-15(27-2)8-6-14/h5-11,21H,12H2,1-4H3,(H,23,26)/t21-/m0/s1. The predicted octanol–water partition coefficient (Wildman–Crippen LogP) is 3.98. The van der Waals surface area contributed by atoms with E-state index in [0.29, 0.717) is 11.6 Å². The van der Waals surface area contributed by atoms with Crippen LogP contribution in [0.25, 0.3) is 5.69 Å². The molecule has 0 bridgehead atoms. The fraction of sp³-hybridized carbons (Fsp3) is 0.273. The van der Waals surface area contributed by atoms with E-state index in [1.54, 1.807) is 37.8 Å². The number of carbonyl (C=O) groups excluding carboxylic acids is 1. The van der Waals surface area contributed by atoms with Gasteiger partial charge in [0.05, 0.1) is 43.7 Å². The average Bonchev–Trinajstić information content (AvgIpc) is 2.98. The second kappa shape index (κ2) is 8.31. The molecule has 0 radical (unpaired) electrons. The predicted molar refractivity (Wildman–Crippen MR) is 117 cm³/mol. The molecule has 7 nitrogen and oxygen atoms in total. The Bertz CT molecular complexity index is 1080. The molecule has 0 saturated carbocycles. The molecule has 2 heterocycles. The Labute approximate surface area is 179 Å². The van der Waals surface area contributed by atoms with Crippen molar-refractivity contribution in [1.29, 1.82) is 0 Å². The van der Waals surface area contributed by atoms with Gasteiger partial charge in [-0.25, -0.2) is 4.68 Å². The molecule has 30 heavy (non-hydrogen) atoms. The molecule has 2 aromatic carbocycles. The van der Waals surface area contributed by atoms with Crippen LogP contribution in [0, 0.1) is 6.92 Å². The van der Waals surface area contributed by atoms with Gasteiger partial charge in [0.2, 0.25) is 5.91 Å². The smallest absolute Gasteiger partial charge is 0.235 e. The molecule has 0 fully saturated rings. The minimum atomic E-state index is -0.143. The minimum Gasteiger partial charge on any atom is -0.497 e. The number of anilines is 1. The molecule has 1 aliphatic rings. The summed E-state index contributed by atoms with van der Waals surface area (Å²) in [4.78, 5) is 12.5. The first-order chi connectivity index (χ1) is 14.5. The van der Waals surface area contributed by atoms with Crippen molar-refractivity contribution in [2.24, 2.45) is 0 Å². The third kappa shape index (κ3) is 3.59. The van der Waals surface area contributed by atoms with Gasteiger partial charge in [-0.2, -0.15) is 5.10 Å². The van der Waals surface area contributed by atoms with E-state index in [9.17, 15) is 4.79 Å². The molecule has 0 unspecified atom stereocenters. The Morgan fingerprint density at radius 2 is 1.73 bits per heavy atom. The quantitative estimate of drug-likeness (QED) is 0.667. The zero-order valence-corrected chi connectivity index (χ0v) is 18.1. The van der Waals surface area contributed by atoms with E-state index in [1.165, 1.54) is 0 Å². The largest absolute Gasteiger partial charge is 0.497 e. The number of benzene rings is 2. The molecule has 1 N–H and O–H groups in total. The SMILES string of the molecule is COc1ccc(-n2nc(C)c3c2NC(=O)CS[C@H]3c2cc(OC)ccc2OC)cc1. The van der Waals surface area contributed by atoms with E-state index in [2.05, 4.69) is 5.32 Å². The summed E-state index contributed by atoms with van der Waals surface area (Å²) in [6.07, 6.45) is 0. The number of thioether (sulfide) groups is 1. The van der Waals surface area contributed by atoms with Crippen LogP contribution in [0.15, 0.2) is 42.5 Å². The zero-order chi connectivity index (χ0) is 21.3. The summed E-state index contributed by atoms with van der Waals surface area (Å²) >= 11 is 1.54. The molecule has 8 heteroatoms.